The molecule has 0 radical (unpaired) electrons. The normalized spacial score (nSPS) is 11.3. The number of amides is 1. The first-order valence-corrected chi connectivity index (χ1v) is 12.6. The van der Waals surface area contributed by atoms with Crippen molar-refractivity contribution in [2.24, 2.45) is 5.10 Å². The lowest BCUT2D eigenvalue weighted by molar-refractivity contribution is -0.119. The summed E-state index contributed by atoms with van der Waals surface area (Å²) in [5, 5.41) is 14.1. The molecule has 0 fully saturated rings. The Bertz CT molecular complexity index is 1350. The van der Waals surface area contributed by atoms with E-state index in [4.69, 9.17) is 21.1 Å². The Morgan fingerprint density at radius 2 is 1.86 bits per heavy atom. The van der Waals surface area contributed by atoms with Crippen LogP contribution in [0.25, 0.3) is 0 Å². The zero-order valence-electron chi connectivity index (χ0n) is 18.6. The summed E-state index contributed by atoms with van der Waals surface area (Å²) in [6, 6.07) is 15.0. The molecule has 0 aliphatic heterocycles. The number of anilines is 1. The predicted octanol–water partition coefficient (Wildman–Crippen LogP) is 4.17. The number of sulfonamides is 1. The number of hydrogen-bond acceptors (Lipinski definition) is 7. The lowest BCUT2D eigenvalue weighted by Gasteiger charge is -2.24. The number of carbonyl (C=O) groups excluding carboxylic acids is 1. The second-order valence-electron chi connectivity index (χ2n) is 7.01. The highest BCUT2D eigenvalue weighted by molar-refractivity contribution is 9.10. The molecule has 3 aromatic rings. The predicted molar refractivity (Wildman–Crippen MR) is 137 cm³/mol. The monoisotopic (exact) mass is 581 g/mol. The zero-order chi connectivity index (χ0) is 25.6. The average molecular weight is 583 g/mol. The first-order chi connectivity index (χ1) is 16.6. The van der Waals surface area contributed by atoms with Gasteiger partial charge < -0.3 is 14.6 Å². The van der Waals surface area contributed by atoms with E-state index in [1.165, 1.54) is 62.9 Å². The van der Waals surface area contributed by atoms with Crippen LogP contribution in [0.15, 0.2) is 75.1 Å². The fourth-order valence-corrected chi connectivity index (χ4v) is 5.05. The molecule has 0 saturated carbocycles. The number of ether oxygens (including phenoxy) is 2. The van der Waals surface area contributed by atoms with Gasteiger partial charge in [-0.3, -0.25) is 9.10 Å². The van der Waals surface area contributed by atoms with Crippen molar-refractivity contribution < 1.29 is 27.8 Å². The number of hydrazone groups is 1. The number of methoxy groups -OCH3 is 2. The maximum Gasteiger partial charge on any atom is 0.264 e. The molecule has 0 bridgehead atoms. The Hall–Kier alpha value is -3.28. The van der Waals surface area contributed by atoms with Gasteiger partial charge in [-0.15, -0.1) is 0 Å². The van der Waals surface area contributed by atoms with Crippen LogP contribution in [-0.2, 0) is 14.8 Å². The van der Waals surface area contributed by atoms with E-state index in [2.05, 4.69) is 26.5 Å². The first kappa shape index (κ1) is 26.3. The van der Waals surface area contributed by atoms with E-state index >= 15 is 0 Å². The summed E-state index contributed by atoms with van der Waals surface area (Å²) in [6.07, 6.45) is 1.33. The quantitative estimate of drug-likeness (QED) is 0.289. The number of phenols is 1. The van der Waals surface area contributed by atoms with Crippen LogP contribution in [0.1, 0.15) is 5.56 Å². The Morgan fingerprint density at radius 1 is 1.14 bits per heavy atom. The molecule has 2 N–H and O–H groups in total. The highest BCUT2D eigenvalue weighted by Crippen LogP contribution is 2.34. The van der Waals surface area contributed by atoms with Crippen molar-refractivity contribution in [3.05, 3.63) is 75.7 Å². The second kappa shape index (κ2) is 11.4. The summed E-state index contributed by atoms with van der Waals surface area (Å²) < 4.78 is 38.3. The van der Waals surface area contributed by atoms with Gasteiger partial charge in [-0.1, -0.05) is 17.7 Å². The summed E-state index contributed by atoms with van der Waals surface area (Å²) in [7, 11) is -1.26. The lowest BCUT2D eigenvalue weighted by Crippen LogP contribution is -2.39. The van der Waals surface area contributed by atoms with E-state index in [0.717, 1.165) is 4.31 Å². The van der Waals surface area contributed by atoms with Gasteiger partial charge in [-0.25, -0.2) is 13.8 Å². The second-order valence-corrected chi connectivity index (χ2v) is 10.2. The fourth-order valence-electron chi connectivity index (χ4n) is 2.99. The molecule has 3 rings (SSSR count). The zero-order valence-corrected chi connectivity index (χ0v) is 21.8. The molecule has 0 aliphatic rings. The van der Waals surface area contributed by atoms with E-state index in [-0.39, 0.29) is 22.1 Å². The van der Waals surface area contributed by atoms with Crippen molar-refractivity contribution in [2.45, 2.75) is 4.90 Å². The van der Waals surface area contributed by atoms with Crippen LogP contribution in [0.5, 0.6) is 17.2 Å². The Kier molecular flexibility index (Phi) is 8.60. The first-order valence-electron chi connectivity index (χ1n) is 9.96. The summed E-state index contributed by atoms with van der Waals surface area (Å²) >= 11 is 9.27. The number of hydrogen-bond donors (Lipinski definition) is 2. The molecule has 0 heterocycles. The summed E-state index contributed by atoms with van der Waals surface area (Å²) in [6.45, 7) is -0.561. The molecule has 0 unspecified atom stereocenters. The van der Waals surface area contributed by atoms with Crippen molar-refractivity contribution in [1.29, 1.82) is 0 Å². The smallest absolute Gasteiger partial charge is 0.264 e. The Morgan fingerprint density at radius 3 is 2.49 bits per heavy atom. The SMILES string of the molecule is COc1ccc(S(=O)(=O)N(CC(=O)N/N=C\c2cc(Br)c(O)c(OC)c2)c2cccc(Cl)c2)cc1. The number of benzene rings is 3. The van der Waals surface area contributed by atoms with Crippen molar-refractivity contribution in [3.63, 3.8) is 0 Å². The molecule has 184 valence electrons. The average Bonchev–Trinajstić information content (AvgIpc) is 2.84. The van der Waals surface area contributed by atoms with Gasteiger partial charge in [0.25, 0.3) is 15.9 Å². The molecule has 0 spiro atoms. The van der Waals surface area contributed by atoms with Gasteiger partial charge in [0.15, 0.2) is 11.5 Å². The largest absolute Gasteiger partial charge is 0.503 e. The number of nitrogens with zero attached hydrogens (tertiary/aromatic N) is 2. The number of rotatable bonds is 9. The molecule has 12 heteroatoms. The Labute approximate surface area is 216 Å². The topological polar surface area (TPSA) is 118 Å². The third-order valence-electron chi connectivity index (χ3n) is 4.70. The van der Waals surface area contributed by atoms with Gasteiger partial charge >= 0.3 is 0 Å². The van der Waals surface area contributed by atoms with Gasteiger partial charge in [-0.2, -0.15) is 5.10 Å². The number of phenolic OH excluding ortho intramolecular Hbond substituents is 1. The minimum atomic E-state index is -4.13. The maximum absolute atomic E-state index is 13.4. The molecule has 1 amide bonds. The van der Waals surface area contributed by atoms with Crippen LogP contribution in [-0.4, -0.2) is 46.4 Å². The third kappa shape index (κ3) is 6.44. The number of aromatic hydroxyl groups is 1. The van der Waals surface area contributed by atoms with Gasteiger partial charge in [0.1, 0.15) is 12.3 Å². The van der Waals surface area contributed by atoms with E-state index in [0.29, 0.717) is 20.8 Å². The highest BCUT2D eigenvalue weighted by atomic mass is 79.9. The van der Waals surface area contributed by atoms with Crippen LogP contribution in [0.4, 0.5) is 5.69 Å². The van der Waals surface area contributed by atoms with Gasteiger partial charge in [-0.05, 0) is 76.1 Å². The van der Waals surface area contributed by atoms with Crippen LogP contribution in [0, 0.1) is 0 Å². The van der Waals surface area contributed by atoms with Crippen LogP contribution in [0.3, 0.4) is 0 Å². The van der Waals surface area contributed by atoms with Gasteiger partial charge in [0, 0.05) is 5.02 Å². The molecule has 0 aliphatic carbocycles. The summed E-state index contributed by atoms with van der Waals surface area (Å²) in [5.74, 6) is -0.0644. The molecular formula is C23H21BrClN3O6S. The molecule has 0 atom stereocenters. The van der Waals surface area contributed by atoms with Gasteiger partial charge in [0.2, 0.25) is 0 Å². The highest BCUT2D eigenvalue weighted by Gasteiger charge is 2.27. The van der Waals surface area contributed by atoms with Gasteiger partial charge in [0.05, 0.1) is 35.5 Å². The van der Waals surface area contributed by atoms with Crippen molar-refractivity contribution in [2.75, 3.05) is 25.1 Å². The molecule has 9 nitrogen and oxygen atoms in total. The molecule has 0 aromatic heterocycles. The molecule has 35 heavy (non-hydrogen) atoms. The molecular weight excluding hydrogens is 562 g/mol. The van der Waals surface area contributed by atoms with Crippen molar-refractivity contribution in [3.8, 4) is 17.2 Å². The summed E-state index contributed by atoms with van der Waals surface area (Å²) in [4.78, 5) is 12.6. The standard InChI is InChI=1S/C23H21BrClN3O6S/c1-33-18-6-8-19(9-7-18)35(31,32)28(17-5-3-4-16(25)12-17)14-22(29)27-26-13-15-10-20(24)23(30)21(11-15)34-2/h3-13,30H,14H2,1-2H3,(H,27,29)/b26-13-. The minimum Gasteiger partial charge on any atom is -0.503 e. The Balaban J connectivity index is 1.84. The van der Waals surface area contributed by atoms with Crippen LogP contribution in [0.2, 0.25) is 5.02 Å². The van der Waals surface area contributed by atoms with Crippen LogP contribution < -0.4 is 19.2 Å². The molecule has 3 aromatic carbocycles. The fraction of sp³-hybridized carbons (Fsp3) is 0.130. The van der Waals surface area contributed by atoms with E-state index in [1.54, 1.807) is 18.2 Å². The number of carbonyl (C=O) groups is 1. The van der Waals surface area contributed by atoms with Crippen LogP contribution >= 0.6 is 27.5 Å². The molecule has 0 saturated heterocycles. The van der Waals surface area contributed by atoms with E-state index in [1.807, 2.05) is 0 Å². The third-order valence-corrected chi connectivity index (χ3v) is 7.33. The number of nitrogens with one attached hydrogen (secondary N) is 1. The summed E-state index contributed by atoms with van der Waals surface area (Å²) in [5.41, 5.74) is 3.04. The van der Waals surface area contributed by atoms with Crippen molar-refractivity contribution in [1.82, 2.24) is 5.43 Å². The van der Waals surface area contributed by atoms with E-state index in [9.17, 15) is 18.3 Å². The minimum absolute atomic E-state index is 0.0318. The van der Waals surface area contributed by atoms with E-state index < -0.39 is 22.5 Å². The maximum atomic E-state index is 13.4. The lowest BCUT2D eigenvalue weighted by atomic mass is 10.2. The van der Waals surface area contributed by atoms with Crippen molar-refractivity contribution >= 4 is 55.4 Å². The number of halogens is 2.